The minimum Gasteiger partial charge on any atom is -0.317 e. The molecule has 0 saturated heterocycles. The molecule has 4 bridgehead atoms. The van der Waals surface area contributed by atoms with Crippen LogP contribution in [-0.2, 0) is 13.6 Å². The number of nitrogens with two attached hydrogens (primary N) is 1. The molecule has 4 nitrogen and oxygen atoms in total. The van der Waals surface area contributed by atoms with Crippen LogP contribution in [0.4, 0.5) is 0 Å². The van der Waals surface area contributed by atoms with Crippen LogP contribution < -0.4 is 5.73 Å². The summed E-state index contributed by atoms with van der Waals surface area (Å²) in [7, 11) is -3.29. The third-order valence-corrected chi connectivity index (χ3v) is 8.43. The fourth-order valence-electron chi connectivity index (χ4n) is 5.62. The van der Waals surface area contributed by atoms with Gasteiger partial charge in [0.2, 0.25) is 0 Å². The van der Waals surface area contributed by atoms with E-state index in [1.807, 2.05) is 27.7 Å². The summed E-state index contributed by atoms with van der Waals surface area (Å²) in [5, 5.41) is 0. The van der Waals surface area contributed by atoms with Crippen molar-refractivity contribution < 1.29 is 13.6 Å². The van der Waals surface area contributed by atoms with Crippen molar-refractivity contribution in [2.24, 2.45) is 28.9 Å². The van der Waals surface area contributed by atoms with Crippen molar-refractivity contribution in [1.29, 1.82) is 0 Å². The highest BCUT2D eigenvalue weighted by atomic mass is 31.2. The SMILES string of the molecule is CC(C)OP(=O)(OC(C)C)[C@@H](N)C12CC3CC(CC(C3)C1)C2. The van der Waals surface area contributed by atoms with Gasteiger partial charge in [-0.05, 0) is 89.4 Å². The maximum Gasteiger partial charge on any atom is 0.348 e. The second-order valence-corrected chi connectivity index (χ2v) is 10.6. The molecule has 2 N–H and O–H groups in total. The summed E-state index contributed by atoms with van der Waals surface area (Å²) < 4.78 is 25.1. The Balaban J connectivity index is 1.86. The third-order valence-electron chi connectivity index (χ3n) is 5.77. The van der Waals surface area contributed by atoms with E-state index in [4.69, 9.17) is 14.8 Å². The van der Waals surface area contributed by atoms with Crippen molar-refractivity contribution in [3.05, 3.63) is 0 Å². The zero-order valence-corrected chi connectivity index (χ0v) is 15.4. The Morgan fingerprint density at radius 3 is 1.59 bits per heavy atom. The molecule has 128 valence electrons. The molecule has 4 aliphatic rings. The predicted octanol–water partition coefficient (Wildman–Crippen LogP) is 4.53. The fraction of sp³-hybridized carbons (Fsp3) is 1.00. The first-order valence-electron chi connectivity index (χ1n) is 8.94. The third kappa shape index (κ3) is 3.05. The van der Waals surface area contributed by atoms with E-state index in [0.29, 0.717) is 0 Å². The van der Waals surface area contributed by atoms with Gasteiger partial charge >= 0.3 is 7.60 Å². The summed E-state index contributed by atoms with van der Waals surface area (Å²) in [5.74, 6) is 1.87. The van der Waals surface area contributed by atoms with Crippen LogP contribution in [0.5, 0.6) is 0 Å². The van der Waals surface area contributed by atoms with Gasteiger partial charge in [-0.3, -0.25) is 4.57 Å². The summed E-state index contributed by atoms with van der Waals surface area (Å²) in [6.07, 6.45) is 7.15. The highest BCUT2D eigenvalue weighted by molar-refractivity contribution is 7.54. The summed E-state index contributed by atoms with van der Waals surface area (Å²) in [5.41, 5.74) is 6.62. The molecule has 0 radical (unpaired) electrons. The highest BCUT2D eigenvalue weighted by Gasteiger charge is 2.58. The molecular weight excluding hydrogens is 297 g/mol. The largest absolute Gasteiger partial charge is 0.348 e. The average molecular weight is 329 g/mol. The van der Waals surface area contributed by atoms with E-state index in [0.717, 1.165) is 37.0 Å². The van der Waals surface area contributed by atoms with Crippen molar-refractivity contribution in [2.45, 2.75) is 84.2 Å². The molecule has 4 rings (SSSR count). The molecule has 0 spiro atoms. The van der Waals surface area contributed by atoms with Crippen LogP contribution in [0.1, 0.15) is 66.2 Å². The molecule has 0 aromatic heterocycles. The normalized spacial score (nSPS) is 39.0. The van der Waals surface area contributed by atoms with Crippen LogP contribution in [-0.4, -0.2) is 18.0 Å². The van der Waals surface area contributed by atoms with E-state index in [1.165, 1.54) is 19.3 Å². The van der Waals surface area contributed by atoms with Gasteiger partial charge in [0.1, 0.15) is 5.78 Å². The maximum absolute atomic E-state index is 13.5. The van der Waals surface area contributed by atoms with Gasteiger partial charge < -0.3 is 14.8 Å². The Hall–Kier alpha value is 0.110. The topological polar surface area (TPSA) is 61.5 Å². The standard InChI is InChI=1S/C17H32NO3P/c1-11(2)20-22(19,21-12(3)4)16(18)17-8-13-5-14(9-17)7-15(6-13)10-17/h11-16H,5-10,18H2,1-4H3/t13?,14?,15?,16-,17?/m1/s1. The fourth-order valence-corrected chi connectivity index (χ4v) is 8.09. The van der Waals surface area contributed by atoms with E-state index in [2.05, 4.69) is 0 Å². The number of rotatable bonds is 6. The molecule has 4 aliphatic carbocycles. The van der Waals surface area contributed by atoms with E-state index in [9.17, 15) is 4.57 Å². The van der Waals surface area contributed by atoms with Gasteiger partial charge in [-0.2, -0.15) is 0 Å². The first-order valence-corrected chi connectivity index (χ1v) is 10.6. The first kappa shape index (κ1) is 17.0. The molecular formula is C17H32NO3P. The van der Waals surface area contributed by atoms with Crippen LogP contribution in [0, 0.1) is 23.2 Å². The minimum atomic E-state index is -3.29. The van der Waals surface area contributed by atoms with Crippen molar-refractivity contribution in [3.63, 3.8) is 0 Å². The van der Waals surface area contributed by atoms with Crippen molar-refractivity contribution >= 4 is 7.60 Å². The molecule has 0 unspecified atom stereocenters. The lowest BCUT2D eigenvalue weighted by atomic mass is 9.49. The van der Waals surface area contributed by atoms with Gasteiger partial charge in [0.25, 0.3) is 0 Å². The molecule has 22 heavy (non-hydrogen) atoms. The molecule has 0 aromatic carbocycles. The van der Waals surface area contributed by atoms with Gasteiger partial charge in [0.05, 0.1) is 12.2 Å². The lowest BCUT2D eigenvalue weighted by Gasteiger charge is -2.59. The first-order chi connectivity index (χ1) is 10.2. The maximum atomic E-state index is 13.5. The second-order valence-electron chi connectivity index (χ2n) is 8.57. The highest BCUT2D eigenvalue weighted by Crippen LogP contribution is 2.68. The van der Waals surface area contributed by atoms with Crippen molar-refractivity contribution in [1.82, 2.24) is 0 Å². The van der Waals surface area contributed by atoms with Gasteiger partial charge in [-0.15, -0.1) is 0 Å². The number of hydrogen-bond acceptors (Lipinski definition) is 4. The second kappa shape index (κ2) is 5.88. The van der Waals surface area contributed by atoms with Crippen LogP contribution in [0.2, 0.25) is 0 Å². The molecule has 4 saturated carbocycles. The Labute approximate surface area is 135 Å². The zero-order chi connectivity index (χ0) is 16.1. The van der Waals surface area contributed by atoms with Crippen LogP contribution >= 0.6 is 7.60 Å². The molecule has 0 aromatic rings. The Kier molecular flexibility index (Phi) is 4.53. The van der Waals surface area contributed by atoms with Gasteiger partial charge in [0.15, 0.2) is 0 Å². The van der Waals surface area contributed by atoms with E-state index >= 15 is 0 Å². The Morgan fingerprint density at radius 2 is 1.27 bits per heavy atom. The summed E-state index contributed by atoms with van der Waals surface area (Å²) in [4.78, 5) is 0. The van der Waals surface area contributed by atoms with Gasteiger partial charge in [0, 0.05) is 0 Å². The lowest BCUT2D eigenvalue weighted by molar-refractivity contribution is -0.0596. The average Bonchev–Trinajstić information content (AvgIpc) is 2.33. The predicted molar refractivity (Wildman–Crippen MR) is 88.6 cm³/mol. The van der Waals surface area contributed by atoms with Gasteiger partial charge in [-0.1, -0.05) is 0 Å². The smallest absolute Gasteiger partial charge is 0.317 e. The molecule has 4 fully saturated rings. The zero-order valence-electron chi connectivity index (χ0n) is 14.5. The van der Waals surface area contributed by atoms with E-state index in [1.54, 1.807) is 0 Å². The van der Waals surface area contributed by atoms with Crippen LogP contribution in [0.15, 0.2) is 0 Å². The van der Waals surface area contributed by atoms with Crippen LogP contribution in [0.25, 0.3) is 0 Å². The molecule has 0 amide bonds. The van der Waals surface area contributed by atoms with Crippen LogP contribution in [0.3, 0.4) is 0 Å². The van der Waals surface area contributed by atoms with Crippen molar-refractivity contribution in [3.8, 4) is 0 Å². The lowest BCUT2D eigenvalue weighted by Crippen LogP contribution is -2.54. The molecule has 0 aliphatic heterocycles. The van der Waals surface area contributed by atoms with Crippen molar-refractivity contribution in [2.75, 3.05) is 0 Å². The number of hydrogen-bond donors (Lipinski definition) is 1. The Bertz CT molecular complexity index is 414. The monoisotopic (exact) mass is 329 g/mol. The summed E-state index contributed by atoms with van der Waals surface area (Å²) in [6.45, 7) is 7.62. The molecule has 1 atom stereocenters. The summed E-state index contributed by atoms with van der Waals surface area (Å²) >= 11 is 0. The van der Waals surface area contributed by atoms with Gasteiger partial charge in [-0.25, -0.2) is 0 Å². The van der Waals surface area contributed by atoms with E-state index < -0.39 is 13.4 Å². The molecule has 0 heterocycles. The van der Waals surface area contributed by atoms with E-state index in [-0.39, 0.29) is 17.6 Å². The summed E-state index contributed by atoms with van der Waals surface area (Å²) in [6, 6.07) is 0. The molecule has 5 heteroatoms. The minimum absolute atomic E-state index is 0.0198. The quantitative estimate of drug-likeness (QED) is 0.727. The Morgan fingerprint density at radius 1 is 0.909 bits per heavy atom.